The molecule has 2 aromatic carbocycles. The van der Waals surface area contributed by atoms with E-state index in [9.17, 15) is 18.3 Å². The molecule has 0 aliphatic carbocycles. The maximum atomic E-state index is 12.5. The van der Waals surface area contributed by atoms with Crippen LogP contribution in [0.2, 0.25) is 0 Å². The van der Waals surface area contributed by atoms with Gasteiger partial charge in [0.25, 0.3) is 0 Å². The number of benzene rings is 2. The van der Waals surface area contributed by atoms with Gasteiger partial charge in [-0.05, 0) is 55.7 Å². The lowest BCUT2D eigenvalue weighted by Gasteiger charge is -2.15. The summed E-state index contributed by atoms with van der Waals surface area (Å²) in [5.74, 6) is 0.0965. The van der Waals surface area contributed by atoms with E-state index in [-0.39, 0.29) is 10.6 Å². The molecule has 2 aromatic rings. The molecule has 0 spiro atoms. The molecule has 0 atom stereocenters. The maximum Gasteiger partial charge on any atom is 0.323 e. The van der Waals surface area contributed by atoms with Gasteiger partial charge < -0.3 is 15.7 Å². The van der Waals surface area contributed by atoms with Gasteiger partial charge in [0, 0.05) is 30.5 Å². The monoisotopic (exact) mass is 375 g/mol. The maximum absolute atomic E-state index is 12.5. The minimum absolute atomic E-state index is 0.0965. The summed E-state index contributed by atoms with van der Waals surface area (Å²) in [4.78, 5) is 12.3. The Bertz CT molecular complexity index is 905. The number of rotatable bonds is 4. The summed E-state index contributed by atoms with van der Waals surface area (Å²) in [6, 6.07) is 10.4. The topological polar surface area (TPSA) is 98.7 Å². The van der Waals surface area contributed by atoms with E-state index in [0.717, 1.165) is 12.8 Å². The van der Waals surface area contributed by atoms with E-state index in [2.05, 4.69) is 10.6 Å². The number of urea groups is 1. The second-order valence-corrected chi connectivity index (χ2v) is 8.15. The quantitative estimate of drug-likeness (QED) is 0.764. The number of carbonyl (C=O) groups is 1. The Kier molecular flexibility index (Phi) is 5.15. The highest BCUT2D eigenvalue weighted by atomic mass is 32.2. The summed E-state index contributed by atoms with van der Waals surface area (Å²) in [5.41, 5.74) is 1.64. The first-order valence-corrected chi connectivity index (χ1v) is 9.78. The van der Waals surface area contributed by atoms with Gasteiger partial charge in [-0.1, -0.05) is 6.07 Å². The van der Waals surface area contributed by atoms with Crippen molar-refractivity contribution in [3.8, 4) is 5.75 Å². The summed E-state index contributed by atoms with van der Waals surface area (Å²) >= 11 is 0. The number of sulfonamides is 1. The SMILES string of the molecule is Cc1ccc(NC(=O)Nc2ccc(S(=O)(=O)N3CCCC3)cc2)cc1O. The zero-order valence-corrected chi connectivity index (χ0v) is 15.2. The van der Waals surface area contributed by atoms with Crippen LogP contribution < -0.4 is 10.6 Å². The molecular formula is C18H21N3O4S. The molecule has 0 unspecified atom stereocenters. The van der Waals surface area contributed by atoms with Crippen LogP contribution in [0.1, 0.15) is 18.4 Å². The lowest BCUT2D eigenvalue weighted by molar-refractivity contribution is 0.262. The van der Waals surface area contributed by atoms with E-state index in [4.69, 9.17) is 0 Å². The average Bonchev–Trinajstić information content (AvgIpc) is 3.14. The fourth-order valence-corrected chi connectivity index (χ4v) is 4.29. The number of anilines is 2. The van der Waals surface area contributed by atoms with Crippen molar-refractivity contribution in [1.29, 1.82) is 0 Å². The van der Waals surface area contributed by atoms with E-state index >= 15 is 0 Å². The summed E-state index contributed by atoms with van der Waals surface area (Å²) in [6.07, 6.45) is 1.77. The zero-order valence-electron chi connectivity index (χ0n) is 14.4. The first kappa shape index (κ1) is 18.2. The number of amides is 2. The molecule has 0 bridgehead atoms. The Morgan fingerprint density at radius 3 is 2.19 bits per heavy atom. The van der Waals surface area contributed by atoms with Gasteiger partial charge in [-0.25, -0.2) is 13.2 Å². The standard InChI is InChI=1S/C18H21N3O4S/c1-13-4-5-15(12-17(13)22)20-18(23)19-14-6-8-16(9-7-14)26(24,25)21-10-2-3-11-21/h4-9,12,22H,2-3,10-11H2,1H3,(H2,19,20,23). The van der Waals surface area contributed by atoms with Crippen LogP contribution in [0, 0.1) is 6.92 Å². The van der Waals surface area contributed by atoms with Gasteiger partial charge in [-0.15, -0.1) is 0 Å². The Morgan fingerprint density at radius 1 is 1.00 bits per heavy atom. The summed E-state index contributed by atoms with van der Waals surface area (Å²) in [7, 11) is -3.46. The third kappa shape index (κ3) is 3.97. The smallest absolute Gasteiger partial charge is 0.323 e. The van der Waals surface area contributed by atoms with E-state index in [1.807, 2.05) is 0 Å². The molecule has 26 heavy (non-hydrogen) atoms. The van der Waals surface area contributed by atoms with Crippen LogP contribution in [0.25, 0.3) is 0 Å². The number of hydrogen-bond acceptors (Lipinski definition) is 4. The molecule has 1 saturated heterocycles. The van der Waals surface area contributed by atoms with Gasteiger partial charge in [-0.2, -0.15) is 4.31 Å². The number of aromatic hydroxyl groups is 1. The zero-order chi connectivity index (χ0) is 18.7. The van der Waals surface area contributed by atoms with E-state index in [1.165, 1.54) is 22.5 Å². The molecule has 3 N–H and O–H groups in total. The number of aryl methyl sites for hydroxylation is 1. The van der Waals surface area contributed by atoms with Crippen LogP contribution in [0.4, 0.5) is 16.2 Å². The molecule has 1 heterocycles. The lowest BCUT2D eigenvalue weighted by atomic mass is 10.2. The molecule has 1 aliphatic rings. The molecule has 8 heteroatoms. The number of hydrogen-bond donors (Lipinski definition) is 3. The van der Waals surface area contributed by atoms with Gasteiger partial charge in [0.05, 0.1) is 4.90 Å². The molecule has 0 radical (unpaired) electrons. The van der Waals surface area contributed by atoms with Crippen LogP contribution in [0.5, 0.6) is 5.75 Å². The van der Waals surface area contributed by atoms with Gasteiger partial charge in [0.2, 0.25) is 10.0 Å². The van der Waals surface area contributed by atoms with E-state index in [1.54, 1.807) is 31.2 Å². The van der Waals surface area contributed by atoms with Crippen LogP contribution in [-0.4, -0.2) is 37.0 Å². The molecule has 0 saturated carbocycles. The normalized spacial score (nSPS) is 15.0. The van der Waals surface area contributed by atoms with Crippen molar-refractivity contribution in [2.75, 3.05) is 23.7 Å². The van der Waals surface area contributed by atoms with Crippen molar-refractivity contribution in [1.82, 2.24) is 4.31 Å². The molecule has 1 fully saturated rings. The van der Waals surface area contributed by atoms with E-state index < -0.39 is 16.1 Å². The van der Waals surface area contributed by atoms with Crippen LogP contribution in [-0.2, 0) is 10.0 Å². The molecule has 2 amide bonds. The Hall–Kier alpha value is -2.58. The predicted molar refractivity (Wildman–Crippen MR) is 99.9 cm³/mol. The molecule has 3 rings (SSSR count). The largest absolute Gasteiger partial charge is 0.508 e. The fourth-order valence-electron chi connectivity index (χ4n) is 2.77. The molecule has 7 nitrogen and oxygen atoms in total. The van der Waals surface area contributed by atoms with Crippen molar-refractivity contribution in [2.45, 2.75) is 24.7 Å². The van der Waals surface area contributed by atoms with Gasteiger partial charge in [0.15, 0.2) is 0 Å². The molecule has 0 aromatic heterocycles. The number of phenols is 1. The summed E-state index contributed by atoms with van der Waals surface area (Å²) in [6.45, 7) is 2.86. The predicted octanol–water partition coefficient (Wildman–Crippen LogP) is 3.13. The van der Waals surface area contributed by atoms with Gasteiger partial charge >= 0.3 is 6.03 Å². The second kappa shape index (κ2) is 7.35. The van der Waals surface area contributed by atoms with Crippen molar-refractivity contribution < 1.29 is 18.3 Å². The van der Waals surface area contributed by atoms with Crippen molar-refractivity contribution in [3.05, 3.63) is 48.0 Å². The summed E-state index contributed by atoms with van der Waals surface area (Å²) in [5, 5.41) is 14.9. The summed E-state index contributed by atoms with van der Waals surface area (Å²) < 4.78 is 26.4. The first-order valence-electron chi connectivity index (χ1n) is 8.34. The van der Waals surface area contributed by atoms with Crippen LogP contribution >= 0.6 is 0 Å². The van der Waals surface area contributed by atoms with Crippen molar-refractivity contribution >= 4 is 27.4 Å². The third-order valence-corrected chi connectivity index (χ3v) is 6.19. The number of carbonyl (C=O) groups excluding carboxylic acids is 1. The fraction of sp³-hybridized carbons (Fsp3) is 0.278. The lowest BCUT2D eigenvalue weighted by Crippen LogP contribution is -2.27. The molecule has 1 aliphatic heterocycles. The molecule has 138 valence electrons. The van der Waals surface area contributed by atoms with Crippen LogP contribution in [0.3, 0.4) is 0 Å². The van der Waals surface area contributed by atoms with Crippen molar-refractivity contribution in [2.24, 2.45) is 0 Å². The van der Waals surface area contributed by atoms with E-state index in [0.29, 0.717) is 30.0 Å². The van der Waals surface area contributed by atoms with Crippen LogP contribution in [0.15, 0.2) is 47.4 Å². The number of nitrogens with one attached hydrogen (secondary N) is 2. The Labute approximate surface area is 152 Å². The minimum atomic E-state index is -3.46. The van der Waals surface area contributed by atoms with Gasteiger partial charge in [-0.3, -0.25) is 0 Å². The first-order chi connectivity index (χ1) is 12.4. The third-order valence-electron chi connectivity index (χ3n) is 4.28. The van der Waals surface area contributed by atoms with Crippen molar-refractivity contribution in [3.63, 3.8) is 0 Å². The van der Waals surface area contributed by atoms with Gasteiger partial charge in [0.1, 0.15) is 5.75 Å². The highest BCUT2D eigenvalue weighted by Gasteiger charge is 2.26. The highest BCUT2D eigenvalue weighted by molar-refractivity contribution is 7.89. The second-order valence-electron chi connectivity index (χ2n) is 6.22. The Morgan fingerprint density at radius 2 is 1.58 bits per heavy atom. The Balaban J connectivity index is 1.65. The highest BCUT2D eigenvalue weighted by Crippen LogP contribution is 2.23. The molecular weight excluding hydrogens is 354 g/mol. The average molecular weight is 375 g/mol. The minimum Gasteiger partial charge on any atom is -0.508 e. The number of nitrogens with zero attached hydrogens (tertiary/aromatic N) is 1. The number of phenolic OH excluding ortho intramolecular Hbond substituents is 1.